The molecule has 1 heterocycles. The number of hydrogen-bond acceptors (Lipinski definition) is 3. The van der Waals surface area contributed by atoms with E-state index in [2.05, 4.69) is 21.2 Å². The Balaban J connectivity index is 2.01. The van der Waals surface area contributed by atoms with E-state index < -0.39 is 0 Å². The second-order valence-electron chi connectivity index (χ2n) is 5.41. The second kappa shape index (κ2) is 10.1. The molecular formula is C18H17BrCl2N2O2S. The van der Waals surface area contributed by atoms with E-state index in [9.17, 15) is 9.59 Å². The SMILES string of the molecule is CCCN(CC(=O)Nc1cc(Cl)ccc1Cl)C(=O)/C=C/c1ccc(Br)s1. The van der Waals surface area contributed by atoms with Gasteiger partial charge in [0.05, 0.1) is 14.5 Å². The molecule has 0 aliphatic rings. The van der Waals surface area contributed by atoms with Crippen molar-refractivity contribution in [3.8, 4) is 0 Å². The smallest absolute Gasteiger partial charge is 0.247 e. The zero-order valence-corrected chi connectivity index (χ0v) is 17.9. The first kappa shape index (κ1) is 21.0. The zero-order chi connectivity index (χ0) is 19.1. The van der Waals surface area contributed by atoms with Crippen LogP contribution >= 0.6 is 50.5 Å². The van der Waals surface area contributed by atoms with Gasteiger partial charge in [-0.15, -0.1) is 11.3 Å². The predicted molar refractivity (Wildman–Crippen MR) is 113 cm³/mol. The second-order valence-corrected chi connectivity index (χ2v) is 8.75. The molecule has 0 atom stereocenters. The monoisotopic (exact) mass is 474 g/mol. The Morgan fingerprint density at radius 1 is 1.27 bits per heavy atom. The van der Waals surface area contributed by atoms with Gasteiger partial charge in [-0.05, 0) is 58.8 Å². The molecule has 1 aromatic carbocycles. The lowest BCUT2D eigenvalue weighted by Crippen LogP contribution is -2.37. The number of anilines is 1. The summed E-state index contributed by atoms with van der Waals surface area (Å²) in [5.41, 5.74) is 0.423. The Labute approximate surface area is 174 Å². The summed E-state index contributed by atoms with van der Waals surface area (Å²) < 4.78 is 0.993. The van der Waals surface area contributed by atoms with Crippen molar-refractivity contribution in [1.29, 1.82) is 0 Å². The van der Waals surface area contributed by atoms with Crippen molar-refractivity contribution >= 4 is 74.0 Å². The van der Waals surface area contributed by atoms with Gasteiger partial charge < -0.3 is 10.2 Å². The van der Waals surface area contributed by atoms with Gasteiger partial charge in [0.15, 0.2) is 0 Å². The molecule has 1 N–H and O–H groups in total. The van der Waals surface area contributed by atoms with E-state index in [-0.39, 0.29) is 18.4 Å². The third kappa shape index (κ3) is 6.43. The third-order valence-electron chi connectivity index (χ3n) is 3.33. The van der Waals surface area contributed by atoms with E-state index in [0.717, 1.165) is 15.1 Å². The minimum atomic E-state index is -0.330. The van der Waals surface area contributed by atoms with Gasteiger partial charge in [-0.3, -0.25) is 9.59 Å². The van der Waals surface area contributed by atoms with Crippen LogP contribution in [-0.2, 0) is 9.59 Å². The average Bonchev–Trinajstić information content (AvgIpc) is 3.01. The van der Waals surface area contributed by atoms with E-state index in [1.807, 2.05) is 19.1 Å². The quantitative estimate of drug-likeness (QED) is 0.521. The molecule has 0 unspecified atom stereocenters. The van der Waals surface area contributed by atoms with Crippen LogP contribution in [0.3, 0.4) is 0 Å². The van der Waals surface area contributed by atoms with Crippen molar-refractivity contribution in [3.05, 3.63) is 55.1 Å². The van der Waals surface area contributed by atoms with E-state index in [4.69, 9.17) is 23.2 Å². The summed E-state index contributed by atoms with van der Waals surface area (Å²) in [6.45, 7) is 2.37. The normalized spacial score (nSPS) is 10.9. The summed E-state index contributed by atoms with van der Waals surface area (Å²) >= 11 is 16.9. The number of rotatable bonds is 7. The van der Waals surface area contributed by atoms with Crippen molar-refractivity contribution in [1.82, 2.24) is 4.90 Å². The first-order valence-corrected chi connectivity index (χ1v) is 10.2. The molecule has 26 heavy (non-hydrogen) atoms. The number of amides is 2. The van der Waals surface area contributed by atoms with Crippen LogP contribution in [0, 0.1) is 0 Å². The summed E-state index contributed by atoms with van der Waals surface area (Å²) in [4.78, 5) is 27.2. The van der Waals surface area contributed by atoms with Gasteiger partial charge in [0.1, 0.15) is 6.54 Å². The van der Waals surface area contributed by atoms with Crippen molar-refractivity contribution < 1.29 is 9.59 Å². The summed E-state index contributed by atoms with van der Waals surface area (Å²) in [6.07, 6.45) is 3.97. The van der Waals surface area contributed by atoms with Gasteiger partial charge >= 0.3 is 0 Å². The highest BCUT2D eigenvalue weighted by atomic mass is 79.9. The Morgan fingerprint density at radius 2 is 2.04 bits per heavy atom. The number of hydrogen-bond donors (Lipinski definition) is 1. The maximum Gasteiger partial charge on any atom is 0.247 e. The van der Waals surface area contributed by atoms with E-state index >= 15 is 0 Å². The third-order valence-corrected chi connectivity index (χ3v) is 5.48. The van der Waals surface area contributed by atoms with E-state index in [1.54, 1.807) is 24.3 Å². The molecule has 1 aromatic heterocycles. The highest BCUT2D eigenvalue weighted by Gasteiger charge is 2.15. The Bertz CT molecular complexity index is 823. The fourth-order valence-corrected chi connectivity index (χ4v) is 3.83. The van der Waals surface area contributed by atoms with Gasteiger partial charge in [-0.2, -0.15) is 0 Å². The number of carbonyl (C=O) groups excluding carboxylic acids is 2. The van der Waals surface area contributed by atoms with Crippen LogP contribution in [0.4, 0.5) is 5.69 Å². The van der Waals surface area contributed by atoms with Crippen LogP contribution in [0.25, 0.3) is 6.08 Å². The molecule has 0 spiro atoms. The van der Waals surface area contributed by atoms with Crippen molar-refractivity contribution in [2.24, 2.45) is 0 Å². The summed E-state index contributed by atoms with van der Waals surface area (Å²) in [6, 6.07) is 8.65. The van der Waals surface area contributed by atoms with E-state index in [0.29, 0.717) is 22.3 Å². The van der Waals surface area contributed by atoms with Crippen LogP contribution in [0.1, 0.15) is 18.2 Å². The number of nitrogens with zero attached hydrogens (tertiary/aromatic N) is 1. The van der Waals surface area contributed by atoms with Gasteiger partial charge in [0, 0.05) is 22.5 Å². The molecule has 2 amide bonds. The van der Waals surface area contributed by atoms with Gasteiger partial charge in [0.2, 0.25) is 11.8 Å². The molecule has 0 aliphatic carbocycles. The molecule has 4 nitrogen and oxygen atoms in total. The van der Waals surface area contributed by atoms with Crippen molar-refractivity contribution in [2.45, 2.75) is 13.3 Å². The number of halogens is 3. The van der Waals surface area contributed by atoms with Crippen LogP contribution in [-0.4, -0.2) is 29.8 Å². The minimum Gasteiger partial charge on any atom is -0.330 e. The molecule has 0 fully saturated rings. The standard InChI is InChI=1S/C18H17BrCl2N2O2S/c1-2-9-23(18(25)8-5-13-4-7-16(19)26-13)11-17(24)22-15-10-12(20)3-6-14(15)21/h3-8,10H,2,9,11H2,1H3,(H,22,24)/b8-5+. The molecule has 0 bridgehead atoms. The largest absolute Gasteiger partial charge is 0.330 e. The molecule has 0 aliphatic heterocycles. The molecule has 2 rings (SSSR count). The first-order chi connectivity index (χ1) is 12.4. The fraction of sp³-hybridized carbons (Fsp3) is 0.222. The Hall–Kier alpha value is -1.34. The lowest BCUT2D eigenvalue weighted by Gasteiger charge is -2.20. The van der Waals surface area contributed by atoms with Gasteiger partial charge in [0.25, 0.3) is 0 Å². The molecule has 0 saturated carbocycles. The van der Waals surface area contributed by atoms with Crippen LogP contribution in [0.2, 0.25) is 10.0 Å². The summed E-state index contributed by atoms with van der Waals surface area (Å²) in [7, 11) is 0. The highest BCUT2D eigenvalue weighted by Crippen LogP contribution is 2.25. The average molecular weight is 476 g/mol. The summed E-state index contributed by atoms with van der Waals surface area (Å²) in [5, 5.41) is 3.55. The topological polar surface area (TPSA) is 49.4 Å². The summed E-state index contributed by atoms with van der Waals surface area (Å²) in [5.74, 6) is -0.549. The Kier molecular flexibility index (Phi) is 8.15. The first-order valence-electron chi connectivity index (χ1n) is 7.86. The van der Waals surface area contributed by atoms with E-state index in [1.165, 1.54) is 22.3 Å². The minimum absolute atomic E-state index is 0.0615. The van der Waals surface area contributed by atoms with Gasteiger partial charge in [-0.25, -0.2) is 0 Å². The number of thiophene rings is 1. The number of benzene rings is 1. The van der Waals surface area contributed by atoms with Crippen molar-refractivity contribution in [3.63, 3.8) is 0 Å². The zero-order valence-electron chi connectivity index (χ0n) is 14.0. The molecule has 2 aromatic rings. The Morgan fingerprint density at radius 3 is 2.69 bits per heavy atom. The number of carbonyl (C=O) groups is 2. The lowest BCUT2D eigenvalue weighted by molar-refractivity contribution is -0.130. The van der Waals surface area contributed by atoms with Crippen LogP contribution < -0.4 is 5.32 Å². The fourth-order valence-electron chi connectivity index (χ4n) is 2.17. The van der Waals surface area contributed by atoms with Crippen LogP contribution in [0.15, 0.2) is 40.2 Å². The van der Waals surface area contributed by atoms with Gasteiger partial charge in [-0.1, -0.05) is 30.1 Å². The molecule has 8 heteroatoms. The van der Waals surface area contributed by atoms with Crippen LogP contribution in [0.5, 0.6) is 0 Å². The molecular weight excluding hydrogens is 459 g/mol. The van der Waals surface area contributed by atoms with Crippen molar-refractivity contribution in [2.75, 3.05) is 18.4 Å². The molecule has 0 radical (unpaired) electrons. The lowest BCUT2D eigenvalue weighted by atomic mass is 10.3. The maximum atomic E-state index is 12.4. The maximum absolute atomic E-state index is 12.4. The highest BCUT2D eigenvalue weighted by molar-refractivity contribution is 9.11. The molecule has 138 valence electrons. The predicted octanol–water partition coefficient (Wildman–Crippen LogP) is 5.71. The molecule has 0 saturated heterocycles. The number of nitrogens with one attached hydrogen (secondary N) is 1.